The molecule has 0 saturated carbocycles. The smallest absolute Gasteiger partial charge is 0.220 e. The van der Waals surface area contributed by atoms with Crippen molar-refractivity contribution >= 4 is 16.7 Å². The number of rotatable bonds is 6. The van der Waals surface area contributed by atoms with E-state index in [0.717, 1.165) is 22.6 Å². The summed E-state index contributed by atoms with van der Waals surface area (Å²) in [6, 6.07) is 28.4. The van der Waals surface area contributed by atoms with Gasteiger partial charge in [-0.05, 0) is 41.5 Å². The number of amides is 1. The molecule has 140 valence electrons. The lowest BCUT2D eigenvalue weighted by Gasteiger charge is -2.15. The summed E-state index contributed by atoms with van der Waals surface area (Å²) in [7, 11) is 0. The summed E-state index contributed by atoms with van der Waals surface area (Å²) in [6.45, 7) is 2.02. The number of fused-ring (bicyclic) bond motifs is 1. The van der Waals surface area contributed by atoms with Crippen LogP contribution in [0.1, 0.15) is 30.7 Å². The van der Waals surface area contributed by atoms with Crippen LogP contribution in [0.15, 0.2) is 89.3 Å². The van der Waals surface area contributed by atoms with Gasteiger partial charge in [-0.3, -0.25) is 4.79 Å². The van der Waals surface area contributed by atoms with Crippen molar-refractivity contribution in [3.05, 3.63) is 96.3 Å². The zero-order valence-electron chi connectivity index (χ0n) is 15.9. The minimum absolute atomic E-state index is 0.0262. The van der Waals surface area contributed by atoms with Crippen LogP contribution in [-0.2, 0) is 11.2 Å². The third-order valence-electron chi connectivity index (χ3n) is 4.97. The molecule has 28 heavy (non-hydrogen) atoms. The lowest BCUT2D eigenvalue weighted by molar-refractivity contribution is -0.121. The molecule has 0 spiro atoms. The van der Waals surface area contributed by atoms with Gasteiger partial charge in [0.1, 0.15) is 11.5 Å². The average molecular weight is 369 g/mol. The van der Waals surface area contributed by atoms with Crippen LogP contribution in [0.3, 0.4) is 0 Å². The molecule has 0 radical (unpaired) electrons. The van der Waals surface area contributed by atoms with Crippen molar-refractivity contribution in [3.63, 3.8) is 0 Å². The normalized spacial score (nSPS) is 12.0. The molecule has 0 aliphatic rings. The second kappa shape index (κ2) is 8.13. The lowest BCUT2D eigenvalue weighted by atomic mass is 10.0. The standard InChI is InChI=1S/C25H23NO2/c1-18(21-12-11-19-7-5-6-10-22(19)17-21)26-25(27)16-14-23-13-15-24(28-23)20-8-3-2-4-9-20/h2-13,15,17-18H,14,16H2,1H3,(H,26,27). The molecule has 1 N–H and O–H groups in total. The van der Waals surface area contributed by atoms with E-state index >= 15 is 0 Å². The summed E-state index contributed by atoms with van der Waals surface area (Å²) >= 11 is 0. The molecule has 3 nitrogen and oxygen atoms in total. The quantitative estimate of drug-likeness (QED) is 0.459. The van der Waals surface area contributed by atoms with E-state index in [-0.39, 0.29) is 11.9 Å². The number of hydrogen-bond donors (Lipinski definition) is 1. The van der Waals surface area contributed by atoms with Crippen LogP contribution in [0.5, 0.6) is 0 Å². The Kier molecular flexibility index (Phi) is 5.24. The van der Waals surface area contributed by atoms with Crippen molar-refractivity contribution in [1.82, 2.24) is 5.32 Å². The van der Waals surface area contributed by atoms with Crippen molar-refractivity contribution in [2.24, 2.45) is 0 Å². The van der Waals surface area contributed by atoms with Crippen LogP contribution in [0.2, 0.25) is 0 Å². The maximum absolute atomic E-state index is 12.4. The zero-order chi connectivity index (χ0) is 19.3. The second-order valence-corrected chi connectivity index (χ2v) is 7.03. The number of aryl methyl sites for hydroxylation is 1. The Balaban J connectivity index is 1.34. The van der Waals surface area contributed by atoms with Crippen molar-refractivity contribution in [2.75, 3.05) is 0 Å². The zero-order valence-corrected chi connectivity index (χ0v) is 15.9. The predicted molar refractivity (Wildman–Crippen MR) is 113 cm³/mol. The molecule has 1 atom stereocenters. The highest BCUT2D eigenvalue weighted by Gasteiger charge is 2.12. The summed E-state index contributed by atoms with van der Waals surface area (Å²) in [5.74, 6) is 1.69. The van der Waals surface area contributed by atoms with Gasteiger partial charge in [-0.2, -0.15) is 0 Å². The number of carbonyl (C=O) groups is 1. The molecule has 3 aromatic carbocycles. The first kappa shape index (κ1) is 18.1. The maximum Gasteiger partial charge on any atom is 0.220 e. The van der Waals surface area contributed by atoms with Gasteiger partial charge in [0.2, 0.25) is 5.91 Å². The van der Waals surface area contributed by atoms with Gasteiger partial charge in [0.05, 0.1) is 6.04 Å². The Morgan fingerprint density at radius 3 is 2.46 bits per heavy atom. The number of carbonyl (C=O) groups excluding carboxylic acids is 1. The van der Waals surface area contributed by atoms with Gasteiger partial charge >= 0.3 is 0 Å². The van der Waals surface area contributed by atoms with Gasteiger partial charge in [-0.1, -0.05) is 66.7 Å². The molecule has 3 heteroatoms. The van der Waals surface area contributed by atoms with Gasteiger partial charge in [-0.25, -0.2) is 0 Å². The van der Waals surface area contributed by atoms with Gasteiger partial charge in [0.15, 0.2) is 0 Å². The van der Waals surface area contributed by atoms with Crippen LogP contribution in [0.25, 0.3) is 22.1 Å². The largest absolute Gasteiger partial charge is 0.461 e. The summed E-state index contributed by atoms with van der Waals surface area (Å²) in [5, 5.41) is 5.48. The first-order valence-electron chi connectivity index (χ1n) is 9.61. The topological polar surface area (TPSA) is 42.2 Å². The molecule has 1 unspecified atom stereocenters. The summed E-state index contributed by atoms with van der Waals surface area (Å²) in [6.07, 6.45) is 0.989. The van der Waals surface area contributed by atoms with Crippen molar-refractivity contribution in [3.8, 4) is 11.3 Å². The summed E-state index contributed by atoms with van der Waals surface area (Å²) in [4.78, 5) is 12.4. The summed E-state index contributed by atoms with van der Waals surface area (Å²) in [5.41, 5.74) is 2.15. The van der Waals surface area contributed by atoms with E-state index in [4.69, 9.17) is 4.42 Å². The molecular formula is C25H23NO2. The van der Waals surface area contributed by atoms with E-state index in [1.807, 2.05) is 61.5 Å². The molecule has 0 bridgehead atoms. The molecule has 0 fully saturated rings. The van der Waals surface area contributed by atoms with Crippen molar-refractivity contribution < 1.29 is 9.21 Å². The van der Waals surface area contributed by atoms with Crippen LogP contribution >= 0.6 is 0 Å². The summed E-state index contributed by atoms with van der Waals surface area (Å²) < 4.78 is 5.88. The van der Waals surface area contributed by atoms with Crippen molar-refractivity contribution in [1.29, 1.82) is 0 Å². The monoisotopic (exact) mass is 369 g/mol. The third-order valence-corrected chi connectivity index (χ3v) is 4.97. The minimum atomic E-state index is -0.0337. The second-order valence-electron chi connectivity index (χ2n) is 7.03. The SMILES string of the molecule is CC(NC(=O)CCc1ccc(-c2ccccc2)o1)c1ccc2ccccc2c1. The highest BCUT2D eigenvalue weighted by atomic mass is 16.3. The predicted octanol–water partition coefficient (Wildman–Crippen LogP) is 5.91. The van der Waals surface area contributed by atoms with Gasteiger partial charge in [0, 0.05) is 18.4 Å². The van der Waals surface area contributed by atoms with E-state index in [1.165, 1.54) is 10.8 Å². The van der Waals surface area contributed by atoms with Crippen LogP contribution in [0, 0.1) is 0 Å². The number of furan rings is 1. The third kappa shape index (κ3) is 4.15. The fourth-order valence-corrected chi connectivity index (χ4v) is 3.38. The van der Waals surface area contributed by atoms with Gasteiger partial charge in [0.25, 0.3) is 0 Å². The van der Waals surface area contributed by atoms with E-state index in [0.29, 0.717) is 12.8 Å². The Hall–Kier alpha value is -3.33. The lowest BCUT2D eigenvalue weighted by Crippen LogP contribution is -2.26. The Morgan fingerprint density at radius 2 is 1.64 bits per heavy atom. The van der Waals surface area contributed by atoms with Crippen LogP contribution in [-0.4, -0.2) is 5.91 Å². The number of hydrogen-bond acceptors (Lipinski definition) is 2. The van der Waals surface area contributed by atoms with Crippen LogP contribution in [0.4, 0.5) is 0 Å². The van der Waals surface area contributed by atoms with E-state index in [2.05, 4.69) is 35.6 Å². The highest BCUT2D eigenvalue weighted by Crippen LogP contribution is 2.23. The molecule has 1 heterocycles. The fraction of sp³-hybridized carbons (Fsp3) is 0.160. The number of nitrogens with one attached hydrogen (secondary N) is 1. The molecule has 1 amide bonds. The van der Waals surface area contributed by atoms with Crippen molar-refractivity contribution in [2.45, 2.75) is 25.8 Å². The Bertz CT molecular complexity index is 1080. The number of benzene rings is 3. The molecule has 1 aromatic heterocycles. The Labute approximate surface area is 165 Å². The molecule has 4 aromatic rings. The minimum Gasteiger partial charge on any atom is -0.461 e. The molecular weight excluding hydrogens is 346 g/mol. The fourth-order valence-electron chi connectivity index (χ4n) is 3.38. The van der Waals surface area contributed by atoms with Crippen LogP contribution < -0.4 is 5.32 Å². The van der Waals surface area contributed by atoms with Gasteiger partial charge < -0.3 is 9.73 Å². The molecule has 0 aliphatic heterocycles. The Morgan fingerprint density at radius 1 is 0.893 bits per heavy atom. The first-order valence-corrected chi connectivity index (χ1v) is 9.61. The first-order chi connectivity index (χ1) is 13.7. The molecule has 0 aliphatic carbocycles. The maximum atomic E-state index is 12.4. The van der Waals surface area contributed by atoms with E-state index < -0.39 is 0 Å². The van der Waals surface area contributed by atoms with E-state index in [9.17, 15) is 4.79 Å². The van der Waals surface area contributed by atoms with Gasteiger partial charge in [-0.15, -0.1) is 0 Å². The molecule has 4 rings (SSSR count). The molecule has 0 saturated heterocycles. The highest BCUT2D eigenvalue weighted by molar-refractivity contribution is 5.83. The average Bonchev–Trinajstić information content (AvgIpc) is 3.22. The van der Waals surface area contributed by atoms with E-state index in [1.54, 1.807) is 0 Å².